The van der Waals surface area contributed by atoms with Crippen LogP contribution in [0.25, 0.3) is 0 Å². The van der Waals surface area contributed by atoms with E-state index in [0.717, 1.165) is 25.8 Å². The fourth-order valence-corrected chi connectivity index (χ4v) is 2.72. The van der Waals surface area contributed by atoms with Crippen molar-refractivity contribution in [1.82, 2.24) is 5.32 Å². The summed E-state index contributed by atoms with van der Waals surface area (Å²) in [6.07, 6.45) is 2.76. The minimum absolute atomic E-state index is 0.304. The van der Waals surface area contributed by atoms with Crippen molar-refractivity contribution >= 4 is 9.84 Å². The Balaban J connectivity index is 4.07. The Hall–Kier alpha value is -0.0900. The molecule has 0 heterocycles. The maximum Gasteiger partial charge on any atom is 0.155 e. The van der Waals surface area contributed by atoms with Crippen molar-refractivity contribution in [2.75, 3.05) is 12.3 Å². The molecule has 0 spiro atoms. The summed E-state index contributed by atoms with van der Waals surface area (Å²) in [5.74, 6) is 0.304. The third-order valence-electron chi connectivity index (χ3n) is 2.88. The van der Waals surface area contributed by atoms with Gasteiger partial charge in [-0.1, -0.05) is 13.8 Å². The summed E-state index contributed by atoms with van der Waals surface area (Å²) in [6.45, 7) is 10.5. The smallest absolute Gasteiger partial charge is 0.155 e. The second-order valence-electron chi connectivity index (χ2n) is 5.24. The second kappa shape index (κ2) is 6.60. The Kier molecular flexibility index (Phi) is 6.56. The predicted molar refractivity (Wildman–Crippen MR) is 70.5 cm³/mol. The van der Waals surface area contributed by atoms with Crippen LogP contribution in [0.15, 0.2) is 0 Å². The molecule has 1 atom stereocenters. The number of rotatable bonds is 7. The van der Waals surface area contributed by atoms with Crippen LogP contribution in [0, 0.1) is 0 Å². The average molecular weight is 249 g/mol. The molecule has 0 aliphatic heterocycles. The van der Waals surface area contributed by atoms with E-state index in [9.17, 15) is 8.42 Å². The van der Waals surface area contributed by atoms with E-state index in [0.29, 0.717) is 11.8 Å². The summed E-state index contributed by atoms with van der Waals surface area (Å²) in [5, 5.41) is 3.36. The summed E-state index contributed by atoms with van der Waals surface area (Å²) in [4.78, 5) is 0. The summed E-state index contributed by atoms with van der Waals surface area (Å²) < 4.78 is 23.1. The van der Waals surface area contributed by atoms with Gasteiger partial charge >= 0.3 is 0 Å². The molecule has 3 nitrogen and oxygen atoms in total. The van der Waals surface area contributed by atoms with Crippen molar-refractivity contribution in [1.29, 1.82) is 0 Å². The fraction of sp³-hybridized carbons (Fsp3) is 1.00. The lowest BCUT2D eigenvalue weighted by molar-refractivity contribution is 0.473. The van der Waals surface area contributed by atoms with Gasteiger partial charge in [0, 0.05) is 6.04 Å². The van der Waals surface area contributed by atoms with Crippen LogP contribution in [0.3, 0.4) is 0 Å². The molecule has 0 saturated carbocycles. The molecule has 0 radical (unpaired) electrons. The molecule has 1 N–H and O–H groups in total. The predicted octanol–water partition coefficient (Wildman–Crippen LogP) is 2.37. The number of nitrogens with one attached hydrogen (secondary N) is 1. The van der Waals surface area contributed by atoms with Gasteiger partial charge in [0.15, 0.2) is 9.84 Å². The third kappa shape index (κ3) is 5.30. The fourth-order valence-electron chi connectivity index (χ4n) is 1.57. The highest BCUT2D eigenvalue weighted by atomic mass is 32.2. The van der Waals surface area contributed by atoms with Gasteiger partial charge in [-0.05, 0) is 46.6 Å². The van der Waals surface area contributed by atoms with Gasteiger partial charge in [-0.25, -0.2) is 8.42 Å². The molecule has 1 unspecified atom stereocenters. The van der Waals surface area contributed by atoms with Gasteiger partial charge in [-0.15, -0.1) is 0 Å². The number of hydrogen-bond donors (Lipinski definition) is 1. The summed E-state index contributed by atoms with van der Waals surface area (Å²) in [7, 11) is -2.94. The van der Waals surface area contributed by atoms with E-state index in [4.69, 9.17) is 0 Å². The van der Waals surface area contributed by atoms with Crippen LogP contribution in [0.5, 0.6) is 0 Å². The Bertz CT molecular complexity index is 278. The lowest BCUT2D eigenvalue weighted by Gasteiger charge is -2.20. The van der Waals surface area contributed by atoms with Gasteiger partial charge in [-0.3, -0.25) is 0 Å². The quantitative estimate of drug-likeness (QED) is 0.753. The summed E-state index contributed by atoms with van der Waals surface area (Å²) >= 11 is 0. The van der Waals surface area contributed by atoms with Crippen LogP contribution < -0.4 is 5.32 Å². The number of sulfone groups is 1. The monoisotopic (exact) mass is 249 g/mol. The van der Waals surface area contributed by atoms with E-state index in [1.807, 2.05) is 0 Å². The van der Waals surface area contributed by atoms with E-state index in [2.05, 4.69) is 19.2 Å². The molecule has 0 aliphatic carbocycles. The normalized spacial score (nSPS) is 15.1. The highest BCUT2D eigenvalue weighted by molar-refractivity contribution is 7.92. The molecule has 0 bridgehead atoms. The summed E-state index contributed by atoms with van der Waals surface area (Å²) in [6, 6.07) is 0.458. The van der Waals surface area contributed by atoms with Crippen LogP contribution in [0.1, 0.15) is 53.9 Å². The molecule has 0 amide bonds. The maximum atomic E-state index is 11.9. The van der Waals surface area contributed by atoms with Crippen LogP contribution in [-0.2, 0) is 9.84 Å². The second-order valence-corrected chi connectivity index (χ2v) is 8.10. The average Bonchev–Trinajstić information content (AvgIpc) is 2.14. The zero-order valence-corrected chi connectivity index (χ0v) is 12.2. The molecule has 0 fully saturated rings. The Morgan fingerprint density at radius 1 is 1.19 bits per heavy atom. The highest BCUT2D eigenvalue weighted by Crippen LogP contribution is 2.17. The van der Waals surface area contributed by atoms with E-state index in [1.54, 1.807) is 20.8 Å². The Labute approximate surface area is 101 Å². The van der Waals surface area contributed by atoms with E-state index >= 15 is 0 Å². The summed E-state index contributed by atoms with van der Waals surface area (Å²) in [5.41, 5.74) is 0. The lowest BCUT2D eigenvalue weighted by atomic mass is 10.1. The molecular formula is C12H27NO2S. The van der Waals surface area contributed by atoms with Crippen LogP contribution in [0.2, 0.25) is 0 Å². The van der Waals surface area contributed by atoms with Crippen molar-refractivity contribution in [2.45, 2.75) is 64.7 Å². The van der Waals surface area contributed by atoms with Crippen molar-refractivity contribution < 1.29 is 8.42 Å². The molecule has 0 aliphatic rings. The van der Waals surface area contributed by atoms with Crippen molar-refractivity contribution in [3.05, 3.63) is 0 Å². The van der Waals surface area contributed by atoms with Gasteiger partial charge in [0.1, 0.15) is 0 Å². The molecule has 0 saturated heterocycles. The van der Waals surface area contributed by atoms with Gasteiger partial charge in [0.25, 0.3) is 0 Å². The standard InChI is InChI=1S/C12H27NO2S/c1-6-11(13-7-2)9-8-10-16(14,15)12(3,4)5/h11,13H,6-10H2,1-5H3. The minimum atomic E-state index is -2.94. The molecule has 0 aromatic rings. The van der Waals surface area contributed by atoms with Crippen LogP contribution >= 0.6 is 0 Å². The molecule has 0 aromatic heterocycles. The lowest BCUT2D eigenvalue weighted by Crippen LogP contribution is -2.32. The third-order valence-corrected chi connectivity index (χ3v) is 5.58. The van der Waals surface area contributed by atoms with Crippen LogP contribution in [-0.4, -0.2) is 31.5 Å². The topological polar surface area (TPSA) is 46.2 Å². The van der Waals surface area contributed by atoms with Crippen molar-refractivity contribution in [3.63, 3.8) is 0 Å². The first kappa shape index (κ1) is 15.9. The first-order chi connectivity index (χ1) is 7.24. The molecule has 16 heavy (non-hydrogen) atoms. The first-order valence-corrected chi connectivity index (χ1v) is 7.85. The molecule has 98 valence electrons. The molecule has 0 rings (SSSR count). The molecule has 4 heteroatoms. The Morgan fingerprint density at radius 2 is 1.75 bits per heavy atom. The maximum absolute atomic E-state index is 11.9. The van der Waals surface area contributed by atoms with Crippen molar-refractivity contribution in [2.24, 2.45) is 0 Å². The van der Waals surface area contributed by atoms with Gasteiger partial charge in [0.2, 0.25) is 0 Å². The zero-order valence-electron chi connectivity index (χ0n) is 11.3. The SMILES string of the molecule is CCNC(CC)CCCS(=O)(=O)C(C)(C)C. The van der Waals surface area contributed by atoms with E-state index in [-0.39, 0.29) is 0 Å². The van der Waals surface area contributed by atoms with E-state index in [1.165, 1.54) is 0 Å². The van der Waals surface area contributed by atoms with Gasteiger partial charge in [0.05, 0.1) is 10.5 Å². The molecule has 0 aromatic carbocycles. The minimum Gasteiger partial charge on any atom is -0.314 e. The Morgan fingerprint density at radius 3 is 2.12 bits per heavy atom. The largest absolute Gasteiger partial charge is 0.314 e. The highest BCUT2D eigenvalue weighted by Gasteiger charge is 2.28. The zero-order chi connectivity index (χ0) is 12.8. The first-order valence-electron chi connectivity index (χ1n) is 6.20. The van der Waals surface area contributed by atoms with E-state index < -0.39 is 14.6 Å². The van der Waals surface area contributed by atoms with Gasteiger partial charge in [-0.2, -0.15) is 0 Å². The molecular weight excluding hydrogens is 222 g/mol. The van der Waals surface area contributed by atoms with Gasteiger partial charge < -0.3 is 5.32 Å². The van der Waals surface area contributed by atoms with Crippen molar-refractivity contribution in [3.8, 4) is 0 Å². The number of hydrogen-bond acceptors (Lipinski definition) is 3. The van der Waals surface area contributed by atoms with Crippen LogP contribution in [0.4, 0.5) is 0 Å².